The molecule has 0 unspecified atom stereocenters. The Balaban J connectivity index is 1.31. The highest BCUT2D eigenvalue weighted by Gasteiger charge is 2.29. The number of rotatable bonds is 9. The summed E-state index contributed by atoms with van der Waals surface area (Å²) in [5.41, 5.74) is 1.56. The third-order valence-electron chi connectivity index (χ3n) is 9.20. The maximum atomic E-state index is 14.4. The number of nitrogens with zero attached hydrogens (tertiary/aromatic N) is 5. The van der Waals surface area contributed by atoms with Gasteiger partial charge in [0, 0.05) is 44.5 Å². The van der Waals surface area contributed by atoms with E-state index in [1.807, 2.05) is 24.5 Å². The number of halogens is 1. The number of hydrogen-bond acceptors (Lipinski definition) is 6. The van der Waals surface area contributed by atoms with Crippen LogP contribution >= 0.6 is 0 Å². The fourth-order valence-corrected chi connectivity index (χ4v) is 7.43. The monoisotopic (exact) mass is 614 g/mol. The minimum Gasteiger partial charge on any atom is -0.339 e. The molecule has 1 saturated carbocycles. The van der Waals surface area contributed by atoms with Gasteiger partial charge in [-0.25, -0.2) is 22.3 Å². The Hall–Kier alpha value is -3.09. The van der Waals surface area contributed by atoms with Gasteiger partial charge in [0.2, 0.25) is 10.0 Å². The summed E-state index contributed by atoms with van der Waals surface area (Å²) in [6.07, 6.45) is 11.1. The number of aromatic nitrogens is 3. The van der Waals surface area contributed by atoms with E-state index in [2.05, 4.69) is 14.6 Å². The lowest BCUT2D eigenvalue weighted by Gasteiger charge is -2.34. The van der Waals surface area contributed by atoms with Crippen LogP contribution in [0, 0.1) is 11.7 Å². The predicted molar refractivity (Wildman–Crippen MR) is 166 cm³/mol. The van der Waals surface area contributed by atoms with Crippen molar-refractivity contribution in [1.82, 2.24) is 28.6 Å². The molecular weight excluding hydrogens is 571 g/mol. The largest absolute Gasteiger partial charge is 0.339 e. The van der Waals surface area contributed by atoms with Crippen molar-refractivity contribution in [2.45, 2.75) is 76.9 Å². The number of carbonyl (C=O) groups is 1. The van der Waals surface area contributed by atoms with Crippen LogP contribution in [0.3, 0.4) is 0 Å². The molecule has 1 aromatic carbocycles. The van der Waals surface area contributed by atoms with E-state index >= 15 is 0 Å². The lowest BCUT2D eigenvalue weighted by atomic mass is 9.84. The highest BCUT2D eigenvalue weighted by Crippen LogP contribution is 2.31. The van der Waals surface area contributed by atoms with Gasteiger partial charge in [-0.15, -0.1) is 0 Å². The Morgan fingerprint density at radius 1 is 1.09 bits per heavy atom. The normalized spacial score (nSPS) is 20.6. The van der Waals surface area contributed by atoms with Gasteiger partial charge >= 0.3 is 5.69 Å². The van der Waals surface area contributed by atoms with Crippen LogP contribution in [0.4, 0.5) is 4.39 Å². The zero-order valence-corrected chi connectivity index (χ0v) is 26.3. The topological polar surface area (TPSA) is 110 Å². The van der Waals surface area contributed by atoms with E-state index in [4.69, 9.17) is 0 Å². The van der Waals surface area contributed by atoms with Gasteiger partial charge in [-0.05, 0) is 95.5 Å². The molecule has 3 heterocycles. The van der Waals surface area contributed by atoms with E-state index in [-0.39, 0.29) is 35.3 Å². The van der Waals surface area contributed by atoms with Gasteiger partial charge in [-0.2, -0.15) is 0 Å². The Bertz CT molecular complexity index is 1620. The van der Waals surface area contributed by atoms with Crippen molar-refractivity contribution in [3.8, 4) is 5.69 Å². The molecule has 234 valence electrons. The maximum Gasteiger partial charge on any atom is 0.334 e. The van der Waals surface area contributed by atoms with Crippen LogP contribution in [-0.2, 0) is 10.0 Å². The number of likely N-dealkylation sites (tertiary alicyclic amines) is 1. The van der Waals surface area contributed by atoms with Gasteiger partial charge in [0.25, 0.3) is 5.91 Å². The highest BCUT2D eigenvalue weighted by atomic mass is 32.2. The second-order valence-corrected chi connectivity index (χ2v) is 14.3. The van der Waals surface area contributed by atoms with Crippen LogP contribution in [0.1, 0.15) is 75.2 Å². The van der Waals surface area contributed by atoms with Crippen LogP contribution in [0.25, 0.3) is 16.7 Å². The molecular formula is C31H43FN6O4S. The molecule has 0 spiro atoms. The first kappa shape index (κ1) is 31.3. The number of pyridine rings is 1. The zero-order valence-electron chi connectivity index (χ0n) is 25.5. The molecule has 12 heteroatoms. The van der Waals surface area contributed by atoms with Crippen molar-refractivity contribution in [2.24, 2.45) is 5.92 Å². The number of imidazole rings is 1. The summed E-state index contributed by atoms with van der Waals surface area (Å²) in [7, 11) is -1.49. The first-order chi connectivity index (χ1) is 20.4. The average molecular weight is 615 g/mol. The summed E-state index contributed by atoms with van der Waals surface area (Å²) >= 11 is 0. The fourth-order valence-electron chi connectivity index (χ4n) is 6.59. The number of nitrogens with one attached hydrogen (secondary N) is 1. The van der Waals surface area contributed by atoms with Gasteiger partial charge < -0.3 is 9.80 Å². The molecule has 43 heavy (non-hydrogen) atoms. The van der Waals surface area contributed by atoms with E-state index in [1.165, 1.54) is 33.9 Å². The van der Waals surface area contributed by atoms with Crippen molar-refractivity contribution >= 4 is 27.0 Å². The summed E-state index contributed by atoms with van der Waals surface area (Å²) in [5, 5.41) is 0. The van der Waals surface area contributed by atoms with Crippen molar-refractivity contribution in [3.63, 3.8) is 0 Å². The smallest absolute Gasteiger partial charge is 0.334 e. The second-order valence-electron chi connectivity index (χ2n) is 12.5. The van der Waals surface area contributed by atoms with Crippen LogP contribution < -0.4 is 10.4 Å². The standard InChI is InChI=1S/C31H43FN6O4S/c1-21(2)35(3)30(39)26-19-23(32)7-10-27(26)38-29-20-33-15-11-28(29)37(31(38)40)25-13-17-36(18-14-25)16-12-22-5-8-24(9-6-22)34-43(4,41)42/h7,10-11,15,19-22,24-25,34H,5-6,8-9,12-14,16-18H2,1-4H3. The number of piperidine rings is 1. The predicted octanol–water partition coefficient (Wildman–Crippen LogP) is 3.94. The molecule has 1 N–H and O–H groups in total. The molecule has 2 aliphatic rings. The molecule has 10 nitrogen and oxygen atoms in total. The number of amides is 1. The molecule has 1 aliphatic heterocycles. The maximum absolute atomic E-state index is 14.4. The van der Waals surface area contributed by atoms with Crippen molar-refractivity contribution < 1.29 is 17.6 Å². The summed E-state index contributed by atoms with van der Waals surface area (Å²) in [4.78, 5) is 35.7. The quantitative estimate of drug-likeness (QED) is 0.391. The first-order valence-corrected chi connectivity index (χ1v) is 17.2. The second kappa shape index (κ2) is 12.9. The number of fused-ring (bicyclic) bond motifs is 1. The van der Waals surface area contributed by atoms with Gasteiger partial charge in [0.05, 0.1) is 34.7 Å². The van der Waals surface area contributed by atoms with E-state index in [0.29, 0.717) is 17.1 Å². The number of carbonyl (C=O) groups excluding carboxylic acids is 1. The molecule has 1 aliphatic carbocycles. The summed E-state index contributed by atoms with van der Waals surface area (Å²) in [6.45, 7) is 6.51. The SMILES string of the molecule is CC(C)N(C)C(=O)c1cc(F)ccc1-n1c(=O)n(C2CCN(CCC3CCC(NS(C)(=O)=O)CC3)CC2)c2ccncc21. The molecule has 1 amide bonds. The van der Waals surface area contributed by atoms with E-state index in [1.54, 1.807) is 19.4 Å². The molecule has 0 bridgehead atoms. The third kappa shape index (κ3) is 7.02. The zero-order chi connectivity index (χ0) is 30.9. The Labute approximate surface area is 252 Å². The number of benzene rings is 1. The van der Waals surface area contributed by atoms with Crippen molar-refractivity contribution in [3.05, 3.63) is 58.5 Å². The summed E-state index contributed by atoms with van der Waals surface area (Å²) < 4.78 is 43.5. The van der Waals surface area contributed by atoms with Crippen LogP contribution in [0.5, 0.6) is 0 Å². The minimum atomic E-state index is -3.16. The minimum absolute atomic E-state index is 0.00894. The van der Waals surface area contributed by atoms with E-state index in [0.717, 1.165) is 70.1 Å². The molecule has 0 atom stereocenters. The number of hydrogen-bond donors (Lipinski definition) is 1. The number of sulfonamides is 1. The first-order valence-electron chi connectivity index (χ1n) is 15.3. The van der Waals surface area contributed by atoms with Gasteiger partial charge in [0.1, 0.15) is 5.82 Å². The molecule has 5 rings (SSSR count). The van der Waals surface area contributed by atoms with Crippen molar-refractivity contribution in [1.29, 1.82) is 0 Å². The fraction of sp³-hybridized carbons (Fsp3) is 0.581. The van der Waals surface area contributed by atoms with Gasteiger partial charge in [-0.1, -0.05) is 0 Å². The van der Waals surface area contributed by atoms with Crippen LogP contribution in [-0.4, -0.2) is 83.3 Å². The van der Waals surface area contributed by atoms with Crippen molar-refractivity contribution in [2.75, 3.05) is 32.9 Å². The Kier molecular flexibility index (Phi) is 9.38. The molecule has 2 fully saturated rings. The average Bonchev–Trinajstić information content (AvgIpc) is 3.27. The van der Waals surface area contributed by atoms with E-state index in [9.17, 15) is 22.4 Å². The lowest BCUT2D eigenvalue weighted by Crippen LogP contribution is -2.40. The lowest BCUT2D eigenvalue weighted by molar-refractivity contribution is 0.0754. The van der Waals surface area contributed by atoms with Crippen LogP contribution in [0.2, 0.25) is 0 Å². The third-order valence-corrected chi connectivity index (χ3v) is 9.97. The summed E-state index contributed by atoms with van der Waals surface area (Å²) in [5.74, 6) is -0.286. The summed E-state index contributed by atoms with van der Waals surface area (Å²) in [6, 6.07) is 5.77. The Morgan fingerprint density at radius 2 is 1.79 bits per heavy atom. The highest BCUT2D eigenvalue weighted by molar-refractivity contribution is 7.88. The Morgan fingerprint density at radius 3 is 2.44 bits per heavy atom. The molecule has 3 aromatic rings. The molecule has 2 aromatic heterocycles. The van der Waals surface area contributed by atoms with Gasteiger partial charge in [-0.3, -0.25) is 18.9 Å². The molecule has 1 saturated heterocycles. The molecule has 0 radical (unpaired) electrons. The van der Waals surface area contributed by atoms with Gasteiger partial charge in [0.15, 0.2) is 0 Å². The van der Waals surface area contributed by atoms with Crippen LogP contribution in [0.15, 0.2) is 41.5 Å². The van der Waals surface area contributed by atoms with E-state index < -0.39 is 15.8 Å².